The molecule has 0 bridgehead atoms. The number of hydrogen-bond acceptors (Lipinski definition) is 8. The molecule has 15 aromatic rings. The van der Waals surface area contributed by atoms with E-state index in [1.807, 2.05) is 48.8 Å². The van der Waals surface area contributed by atoms with Gasteiger partial charge in [-0.3, -0.25) is 0 Å². The average Bonchev–Trinajstić information content (AvgIpc) is 1.52. The molecule has 0 unspecified atom stereocenters. The number of hydrogen-bond donors (Lipinski definition) is 0. The first-order chi connectivity index (χ1) is 53.6. The van der Waals surface area contributed by atoms with Crippen LogP contribution in [0, 0.1) is 37.6 Å². The smallest absolute Gasteiger partial charge is 0.135 e. The van der Waals surface area contributed by atoms with Crippen LogP contribution in [0.4, 0.5) is 22.7 Å². The van der Waals surface area contributed by atoms with Gasteiger partial charge in [-0.05, 0) is 161 Å². The summed E-state index contributed by atoms with van der Waals surface area (Å²) in [6, 6.07) is 106. The Morgan fingerprint density at radius 2 is 0.658 bits per heavy atom. The fraction of sp³-hybridized carbons (Fsp3) is 0.196. The van der Waals surface area contributed by atoms with Crippen LogP contribution in [0.3, 0.4) is 0 Å². The van der Waals surface area contributed by atoms with Crippen molar-refractivity contribution in [3.8, 4) is 45.8 Å². The van der Waals surface area contributed by atoms with Crippen molar-refractivity contribution in [1.29, 1.82) is 0 Å². The van der Waals surface area contributed by atoms with Crippen LogP contribution in [0.25, 0.3) is 77.8 Å². The van der Waals surface area contributed by atoms with Gasteiger partial charge < -0.3 is 38.2 Å². The number of anilines is 4. The van der Waals surface area contributed by atoms with E-state index in [-0.39, 0.29) is 69.2 Å². The fourth-order valence-corrected chi connectivity index (χ4v) is 14.6. The summed E-state index contributed by atoms with van der Waals surface area (Å²) in [5, 5.41) is 4.48. The molecule has 114 heavy (non-hydrogen) atoms. The van der Waals surface area contributed by atoms with Crippen LogP contribution >= 0.6 is 0 Å². The van der Waals surface area contributed by atoms with E-state index < -0.39 is 0 Å². The third kappa shape index (κ3) is 16.5. The summed E-state index contributed by atoms with van der Waals surface area (Å²) in [6.45, 7) is 38.1. The minimum absolute atomic E-state index is 0. The molecule has 0 radical (unpaired) electrons. The van der Waals surface area contributed by atoms with E-state index in [1.54, 1.807) is 0 Å². The SMILES string of the molecule is CC(C)(C)c1cc(-c2ccccc2)cc(N2[CH-]N(c3[c-]c(Oc4[c-]c5c(cc4)c4ccccc4n5-c4cc(C(C)(C)C)ccn4)ccc3)C=C2c2ccccc2)c1.CC(C)(C)c1cc(N2[CH-]N(c3[c-]c(Oc4[c-]c5c(cc4)c4ccccc4n5-c4cc(C(C)(C)C)ccn4)ccc3)C=C2c2ccccc2)cc(C(C)(C)C)c1.[Pt].[Pt]. The summed E-state index contributed by atoms with van der Waals surface area (Å²) in [5.41, 5.74) is 20.9. The molecular weight excluding hydrogens is 1760 g/mol. The topological polar surface area (TPSA) is 67.1 Å². The average molecular weight is 1850 g/mol. The molecule has 0 N–H and O–H groups in total. The molecule has 0 fully saturated rings. The Hall–Kier alpha value is -11.0. The summed E-state index contributed by atoms with van der Waals surface area (Å²) in [7, 11) is 0. The van der Waals surface area contributed by atoms with Crippen molar-refractivity contribution in [1.82, 2.24) is 19.1 Å². The Balaban J connectivity index is 0.000000186. The van der Waals surface area contributed by atoms with Crippen LogP contribution in [-0.4, -0.2) is 19.1 Å². The third-order valence-electron chi connectivity index (χ3n) is 21.1. The number of fused-ring (bicyclic) bond motifs is 6. The zero-order chi connectivity index (χ0) is 78.0. The maximum atomic E-state index is 6.57. The monoisotopic (exact) mass is 1850 g/mol. The fourth-order valence-electron chi connectivity index (χ4n) is 14.6. The first-order valence-corrected chi connectivity index (χ1v) is 38.6. The van der Waals surface area contributed by atoms with Gasteiger partial charge in [-0.1, -0.05) is 254 Å². The number of benzene rings is 11. The van der Waals surface area contributed by atoms with E-state index >= 15 is 0 Å². The normalized spacial score (nSPS) is 13.4. The zero-order valence-electron chi connectivity index (χ0n) is 67.3. The van der Waals surface area contributed by atoms with Crippen LogP contribution in [0.15, 0.2) is 286 Å². The molecule has 0 atom stereocenters. The van der Waals surface area contributed by atoms with Gasteiger partial charge in [0.25, 0.3) is 0 Å². The predicted molar refractivity (Wildman–Crippen MR) is 465 cm³/mol. The molecule has 11 aromatic carbocycles. The van der Waals surface area contributed by atoms with E-state index in [0.29, 0.717) is 23.0 Å². The van der Waals surface area contributed by atoms with Crippen molar-refractivity contribution in [3.63, 3.8) is 0 Å². The molecule has 4 aromatic heterocycles. The summed E-state index contributed by atoms with van der Waals surface area (Å²) < 4.78 is 17.5. The molecule has 0 saturated heterocycles. The van der Waals surface area contributed by atoms with Gasteiger partial charge in [0.1, 0.15) is 11.6 Å². The van der Waals surface area contributed by atoms with Crippen LogP contribution in [0.1, 0.15) is 143 Å². The third-order valence-corrected chi connectivity index (χ3v) is 21.1. The molecule has 10 nitrogen and oxygen atoms in total. The zero-order valence-corrected chi connectivity index (χ0v) is 71.9. The molecule has 2 aliphatic rings. The van der Waals surface area contributed by atoms with Crippen LogP contribution in [0.2, 0.25) is 0 Å². The second kappa shape index (κ2) is 31.7. The van der Waals surface area contributed by atoms with Crippen molar-refractivity contribution in [3.05, 3.63) is 362 Å². The number of rotatable bonds is 13. The van der Waals surface area contributed by atoms with Crippen LogP contribution in [-0.2, 0) is 69.2 Å². The van der Waals surface area contributed by atoms with E-state index in [0.717, 1.165) is 101 Å². The van der Waals surface area contributed by atoms with E-state index in [9.17, 15) is 0 Å². The number of nitrogens with zero attached hydrogens (tertiary/aromatic N) is 8. The number of para-hydroxylation sites is 2. The Bertz CT molecular complexity index is 6050. The summed E-state index contributed by atoms with van der Waals surface area (Å²) in [6.07, 6.45) is 8.15. The minimum atomic E-state index is -0.0452. The summed E-state index contributed by atoms with van der Waals surface area (Å²) in [4.78, 5) is 18.5. The molecule has 580 valence electrons. The number of pyridine rings is 2. The van der Waals surface area contributed by atoms with Crippen molar-refractivity contribution in [2.45, 2.75) is 131 Å². The van der Waals surface area contributed by atoms with Crippen molar-refractivity contribution < 1.29 is 51.6 Å². The van der Waals surface area contributed by atoms with Crippen molar-refractivity contribution in [2.75, 3.05) is 19.6 Å². The Kier molecular flexibility index (Phi) is 22.2. The van der Waals surface area contributed by atoms with Crippen LogP contribution in [0.5, 0.6) is 23.0 Å². The van der Waals surface area contributed by atoms with Gasteiger partial charge in [0.2, 0.25) is 0 Å². The maximum absolute atomic E-state index is 6.57. The van der Waals surface area contributed by atoms with Gasteiger partial charge in [0.15, 0.2) is 0 Å². The van der Waals surface area contributed by atoms with Gasteiger partial charge in [-0.25, -0.2) is 9.97 Å². The van der Waals surface area contributed by atoms with Crippen molar-refractivity contribution in [2.24, 2.45) is 0 Å². The maximum Gasteiger partial charge on any atom is 0.135 e. The molecular formula is C102H94N8O2Pt2-6. The minimum Gasteiger partial charge on any atom is -0.509 e. The standard InChI is InChI=1S/C52H45N4O.C50H49N4O.2Pt/c1-51(2,3)39-26-27-53-50(31-39)56-47-23-14-13-22-45(47)46-25-24-44(33-48(46)56)57-43-21-15-20-41(32-43)54-34-49(37-18-11-8-12-19-37)55(35-54)42-29-38(36-16-9-7-10-17-36)28-40(30-42)52(4,5)6;1-48(2,3)35-24-25-51-47(29-35)54-44-21-14-13-20-42(44)43-23-22-41(31-45(43)54)55-40-19-15-18-38(30-40)52-32-46(34-16-11-10-12-17-34)53(33-52)39-27-36(49(4,5)6)26-37(28-39)50(7,8)9;;/h7-31,34-35H,1-6H3;10-29,32-33H,1-9H3;;/q2*-3;;. The first kappa shape index (κ1) is 79.6. The molecule has 12 heteroatoms. The molecule has 2 aliphatic heterocycles. The second-order valence-electron chi connectivity index (χ2n) is 34.4. The Labute approximate surface area is 701 Å². The Morgan fingerprint density at radius 3 is 1.06 bits per heavy atom. The number of ether oxygens (including phenoxy) is 2. The Morgan fingerprint density at radius 1 is 0.298 bits per heavy atom. The van der Waals surface area contributed by atoms with Crippen LogP contribution < -0.4 is 29.1 Å². The van der Waals surface area contributed by atoms with Gasteiger partial charge >= 0.3 is 0 Å². The molecule has 0 spiro atoms. The predicted octanol–water partition coefficient (Wildman–Crippen LogP) is 26.2. The van der Waals surface area contributed by atoms with E-state index in [1.165, 1.54) is 38.9 Å². The first-order valence-electron chi connectivity index (χ1n) is 38.6. The van der Waals surface area contributed by atoms with E-state index in [4.69, 9.17) is 19.4 Å². The van der Waals surface area contributed by atoms with Gasteiger partial charge in [0, 0.05) is 111 Å². The largest absolute Gasteiger partial charge is 0.509 e. The van der Waals surface area contributed by atoms with Crippen molar-refractivity contribution >= 4 is 77.8 Å². The summed E-state index contributed by atoms with van der Waals surface area (Å²) in [5.74, 6) is 4.13. The molecule has 17 rings (SSSR count). The quantitative estimate of drug-likeness (QED) is 0.106. The second-order valence-corrected chi connectivity index (χ2v) is 34.4. The van der Waals surface area contributed by atoms with Gasteiger partial charge in [0.05, 0.1) is 0 Å². The molecule has 0 amide bonds. The number of aromatic nitrogens is 4. The van der Waals surface area contributed by atoms with E-state index in [2.05, 4.69) is 407 Å². The molecule has 6 heterocycles. The van der Waals surface area contributed by atoms with Gasteiger partial charge in [-0.2, -0.15) is 24.3 Å². The van der Waals surface area contributed by atoms with Gasteiger partial charge in [-0.15, -0.1) is 96.1 Å². The molecule has 0 aliphatic carbocycles. The summed E-state index contributed by atoms with van der Waals surface area (Å²) >= 11 is 0. The molecule has 0 saturated carbocycles.